The van der Waals surface area contributed by atoms with Gasteiger partial charge in [-0.25, -0.2) is 9.59 Å². The number of aliphatic carboxylic acids is 1. The Kier molecular flexibility index (Phi) is 9.25. The summed E-state index contributed by atoms with van der Waals surface area (Å²) in [6.07, 6.45) is 0.234. The second-order valence-electron chi connectivity index (χ2n) is 7.46. The van der Waals surface area contributed by atoms with Gasteiger partial charge in [0.15, 0.2) is 0 Å². The molecule has 2 aromatic rings. The molecule has 0 aliphatic carbocycles. The van der Waals surface area contributed by atoms with Crippen LogP contribution in [0.15, 0.2) is 21.3 Å². The van der Waals surface area contributed by atoms with E-state index >= 15 is 0 Å². The Morgan fingerprint density at radius 1 is 1.21 bits per heavy atom. The minimum absolute atomic E-state index is 0.00112. The summed E-state index contributed by atoms with van der Waals surface area (Å²) in [5.74, 6) is -2.74. The van der Waals surface area contributed by atoms with Gasteiger partial charge >= 0.3 is 17.6 Å². The zero-order chi connectivity index (χ0) is 25.4. The van der Waals surface area contributed by atoms with Crippen LogP contribution < -0.4 is 27.3 Å². The zero-order valence-corrected chi connectivity index (χ0v) is 19.0. The number of nitrogens with two attached hydrogens (primary N) is 1. The number of benzene rings is 1. The molecule has 0 aliphatic heterocycles. The molecule has 0 bridgehead atoms. The largest absolute Gasteiger partial charge is 0.506 e. The number of urea groups is 1. The topological polar surface area (TPSA) is 201 Å². The van der Waals surface area contributed by atoms with Gasteiger partial charge in [0.25, 0.3) is 0 Å². The third-order valence-electron chi connectivity index (χ3n) is 4.99. The summed E-state index contributed by atoms with van der Waals surface area (Å²) in [6, 6.07) is 0.891. The van der Waals surface area contributed by atoms with Gasteiger partial charge in [-0.05, 0) is 37.8 Å². The summed E-state index contributed by atoms with van der Waals surface area (Å²) in [6.45, 7) is 1.19. The number of phenols is 1. The lowest BCUT2D eigenvalue weighted by Crippen LogP contribution is -2.48. The van der Waals surface area contributed by atoms with E-state index in [-0.39, 0.29) is 54.1 Å². The average Bonchev–Trinajstić information content (AvgIpc) is 2.75. The quantitative estimate of drug-likeness (QED) is 0.191. The smallest absolute Gasteiger partial charge is 0.339 e. The van der Waals surface area contributed by atoms with Crippen LogP contribution in [-0.4, -0.2) is 53.2 Å². The number of carboxylic acid groups (broad SMARTS) is 1. The first-order valence-corrected chi connectivity index (χ1v) is 10.6. The number of carboxylic acids is 1. The summed E-state index contributed by atoms with van der Waals surface area (Å²) >= 11 is 5.94. The van der Waals surface area contributed by atoms with Gasteiger partial charge < -0.3 is 36.3 Å². The summed E-state index contributed by atoms with van der Waals surface area (Å²) in [5, 5.41) is 26.1. The van der Waals surface area contributed by atoms with Crippen molar-refractivity contribution in [2.75, 3.05) is 13.1 Å². The fourth-order valence-electron chi connectivity index (χ4n) is 3.26. The number of nitrogens with one attached hydrogen (secondary N) is 3. The van der Waals surface area contributed by atoms with Gasteiger partial charge in [-0.15, -0.1) is 0 Å². The van der Waals surface area contributed by atoms with Crippen LogP contribution in [0.1, 0.15) is 30.4 Å². The maximum absolute atomic E-state index is 12.5. The normalized spacial score (nSPS) is 11.6. The van der Waals surface area contributed by atoms with E-state index in [1.54, 1.807) is 6.92 Å². The molecule has 0 saturated carbocycles. The maximum Gasteiger partial charge on any atom is 0.339 e. The Hall–Kier alpha value is -3.80. The molecule has 1 atom stereocenters. The van der Waals surface area contributed by atoms with Crippen LogP contribution in [0.3, 0.4) is 0 Å². The number of aromatic hydroxyl groups is 1. The number of hydrogen-bond acceptors (Lipinski definition) is 7. The predicted molar refractivity (Wildman–Crippen MR) is 122 cm³/mol. The second-order valence-corrected chi connectivity index (χ2v) is 7.86. The van der Waals surface area contributed by atoms with E-state index in [0.717, 1.165) is 0 Å². The fourth-order valence-corrected chi connectivity index (χ4v) is 3.43. The lowest BCUT2D eigenvalue weighted by Gasteiger charge is -2.18. The third-order valence-corrected chi connectivity index (χ3v) is 5.29. The number of amides is 4. The Morgan fingerprint density at radius 3 is 2.56 bits per heavy atom. The van der Waals surface area contributed by atoms with Crippen LogP contribution in [-0.2, 0) is 20.8 Å². The first-order valence-electron chi connectivity index (χ1n) is 10.3. The van der Waals surface area contributed by atoms with Crippen LogP contribution in [0.4, 0.5) is 4.79 Å². The van der Waals surface area contributed by atoms with Crippen molar-refractivity contribution in [2.45, 2.75) is 38.6 Å². The molecule has 0 spiro atoms. The van der Waals surface area contributed by atoms with Gasteiger partial charge in [0.05, 0.1) is 5.02 Å². The van der Waals surface area contributed by atoms with Gasteiger partial charge in [0, 0.05) is 30.0 Å². The highest BCUT2D eigenvalue weighted by Crippen LogP contribution is 2.30. The van der Waals surface area contributed by atoms with Crippen molar-refractivity contribution in [2.24, 2.45) is 5.73 Å². The molecule has 1 heterocycles. The molecule has 184 valence electrons. The Morgan fingerprint density at radius 2 is 1.91 bits per heavy atom. The number of halogens is 1. The van der Waals surface area contributed by atoms with Gasteiger partial charge in [-0.2, -0.15) is 0 Å². The molecular formula is C21H25ClN4O8. The van der Waals surface area contributed by atoms with Crippen LogP contribution in [0.2, 0.25) is 5.02 Å². The Labute approximate surface area is 198 Å². The van der Waals surface area contributed by atoms with Crippen molar-refractivity contribution >= 4 is 46.4 Å². The zero-order valence-electron chi connectivity index (χ0n) is 18.3. The molecule has 0 saturated heterocycles. The number of aryl methyl sites for hydroxylation is 1. The molecule has 13 heteroatoms. The number of phenolic OH excluding ortho intramolecular Hbond substituents is 1. The van der Waals surface area contributed by atoms with Gasteiger partial charge in [0.1, 0.15) is 23.9 Å². The molecule has 0 radical (unpaired) electrons. The van der Waals surface area contributed by atoms with E-state index in [9.17, 15) is 29.1 Å². The van der Waals surface area contributed by atoms with Crippen molar-refractivity contribution in [1.29, 1.82) is 0 Å². The maximum atomic E-state index is 12.5. The van der Waals surface area contributed by atoms with Gasteiger partial charge in [-0.3, -0.25) is 14.4 Å². The standard InChI is InChI=1S/C21H25ClN4O8/c1-10-11(20(32)34-16-8-15(27)13(22)7-12(10)16)4-5-17(28)26-14(3-2-6-24-21(23)33)19(31)25-9-18(29)30/h7-8,14,27H,2-6,9H2,1H3,(H,25,31)(H,26,28)(H,29,30)(H3,23,24,33)/t14-/m0/s1. The minimum Gasteiger partial charge on any atom is -0.506 e. The Bertz CT molecular complexity index is 1160. The van der Waals surface area contributed by atoms with Crippen molar-refractivity contribution in [1.82, 2.24) is 16.0 Å². The third kappa shape index (κ3) is 7.37. The molecule has 1 aromatic carbocycles. The number of carbonyl (C=O) groups is 4. The molecule has 0 aliphatic rings. The first-order chi connectivity index (χ1) is 16.0. The summed E-state index contributed by atoms with van der Waals surface area (Å²) in [5.41, 5.74) is 5.23. The van der Waals surface area contributed by atoms with Crippen molar-refractivity contribution in [3.8, 4) is 5.75 Å². The van der Waals surface area contributed by atoms with E-state index in [1.165, 1.54) is 12.1 Å². The first kappa shape index (κ1) is 26.5. The highest BCUT2D eigenvalue weighted by molar-refractivity contribution is 6.32. The summed E-state index contributed by atoms with van der Waals surface area (Å²) in [4.78, 5) is 58.7. The monoisotopic (exact) mass is 496 g/mol. The highest BCUT2D eigenvalue weighted by Gasteiger charge is 2.22. The van der Waals surface area contributed by atoms with E-state index in [1.807, 2.05) is 0 Å². The molecule has 34 heavy (non-hydrogen) atoms. The molecule has 2 rings (SSSR count). The van der Waals surface area contributed by atoms with Crippen LogP contribution in [0, 0.1) is 6.92 Å². The summed E-state index contributed by atoms with van der Waals surface area (Å²) < 4.78 is 5.23. The molecule has 7 N–H and O–H groups in total. The number of rotatable bonds is 11. The van der Waals surface area contributed by atoms with Crippen LogP contribution in [0.5, 0.6) is 5.75 Å². The molecule has 1 aromatic heterocycles. The van der Waals surface area contributed by atoms with Crippen molar-refractivity contribution < 1.29 is 33.8 Å². The number of hydrogen-bond donors (Lipinski definition) is 6. The highest BCUT2D eigenvalue weighted by atomic mass is 35.5. The Balaban J connectivity index is 2.09. The predicted octanol–water partition coefficient (Wildman–Crippen LogP) is 0.527. The summed E-state index contributed by atoms with van der Waals surface area (Å²) in [7, 11) is 0. The lowest BCUT2D eigenvalue weighted by atomic mass is 10.0. The number of carbonyl (C=O) groups excluding carboxylic acids is 3. The van der Waals surface area contributed by atoms with E-state index < -0.39 is 42.0 Å². The molecular weight excluding hydrogens is 472 g/mol. The number of primary amides is 1. The second kappa shape index (κ2) is 11.9. The van der Waals surface area contributed by atoms with E-state index in [0.29, 0.717) is 10.9 Å². The van der Waals surface area contributed by atoms with Crippen molar-refractivity contribution in [3.63, 3.8) is 0 Å². The fraction of sp³-hybridized carbons (Fsp3) is 0.381. The van der Waals surface area contributed by atoms with Crippen molar-refractivity contribution in [3.05, 3.63) is 38.7 Å². The van der Waals surface area contributed by atoms with Gasteiger partial charge in [-0.1, -0.05) is 11.6 Å². The van der Waals surface area contributed by atoms with E-state index in [2.05, 4.69) is 16.0 Å². The number of fused-ring (bicyclic) bond motifs is 1. The van der Waals surface area contributed by atoms with Gasteiger partial charge in [0.2, 0.25) is 11.8 Å². The minimum atomic E-state index is -1.25. The molecule has 4 amide bonds. The molecule has 0 unspecified atom stereocenters. The van der Waals surface area contributed by atoms with Crippen LogP contribution >= 0.6 is 11.6 Å². The van der Waals surface area contributed by atoms with E-state index in [4.69, 9.17) is 26.9 Å². The van der Waals surface area contributed by atoms with Crippen LogP contribution in [0.25, 0.3) is 11.0 Å². The lowest BCUT2D eigenvalue weighted by molar-refractivity contribution is -0.138. The molecule has 0 fully saturated rings. The molecule has 12 nitrogen and oxygen atoms in total. The average molecular weight is 497 g/mol. The SMILES string of the molecule is Cc1c(CCC(=O)N[C@@H](CCCNC(N)=O)C(=O)NCC(=O)O)c(=O)oc2cc(O)c(Cl)cc12.